The smallest absolute Gasteiger partial charge is 0.244 e. The number of aryl methyl sites for hydroxylation is 1. The normalized spacial score (nSPS) is 13.8. The van der Waals surface area contributed by atoms with Gasteiger partial charge in [-0.3, -0.25) is 14.3 Å². The Morgan fingerprint density at radius 3 is 2.56 bits per heavy atom. The lowest BCUT2D eigenvalue weighted by Crippen LogP contribution is -2.47. The predicted molar refractivity (Wildman–Crippen MR) is 66.4 cm³/mol. The molecule has 3 N–H and O–H groups in total. The zero-order valence-electron chi connectivity index (χ0n) is 11.0. The molecule has 1 rings (SSSR count). The van der Waals surface area contributed by atoms with Gasteiger partial charge in [-0.25, -0.2) is 0 Å². The quantitative estimate of drug-likeness (QED) is 0.720. The van der Waals surface area contributed by atoms with Crippen LogP contribution in [0.3, 0.4) is 0 Å². The van der Waals surface area contributed by atoms with Crippen LogP contribution in [-0.4, -0.2) is 46.6 Å². The van der Waals surface area contributed by atoms with Crippen molar-refractivity contribution < 1.29 is 9.59 Å². The molecule has 0 aliphatic heterocycles. The number of amides is 2. The zero-order chi connectivity index (χ0) is 13.9. The van der Waals surface area contributed by atoms with Crippen molar-refractivity contribution >= 4 is 11.8 Å². The molecule has 0 aromatic carbocycles. The standard InChI is InChI=1S/C11H19N5O2/c1-7(11(18)15(2)3)14-10(17)9(12)8-5-13-16(4)6-8/h5-7,9H,12H2,1-4H3,(H,14,17). The van der Waals surface area contributed by atoms with Gasteiger partial charge in [-0.15, -0.1) is 0 Å². The van der Waals surface area contributed by atoms with Crippen LogP contribution in [0.5, 0.6) is 0 Å². The van der Waals surface area contributed by atoms with Crippen molar-refractivity contribution in [1.82, 2.24) is 20.0 Å². The number of hydrogen-bond donors (Lipinski definition) is 2. The molecule has 2 unspecified atom stereocenters. The summed E-state index contributed by atoms with van der Waals surface area (Å²) in [7, 11) is 5.00. The number of likely N-dealkylation sites (N-methyl/N-ethyl adjacent to an activating group) is 1. The Kier molecular flexibility index (Phi) is 4.43. The first-order valence-corrected chi connectivity index (χ1v) is 5.58. The van der Waals surface area contributed by atoms with E-state index in [9.17, 15) is 9.59 Å². The fourth-order valence-electron chi connectivity index (χ4n) is 1.50. The first kappa shape index (κ1) is 14.2. The van der Waals surface area contributed by atoms with Crippen LogP contribution in [0.15, 0.2) is 12.4 Å². The minimum Gasteiger partial charge on any atom is -0.347 e. The van der Waals surface area contributed by atoms with Gasteiger partial charge in [-0.05, 0) is 6.92 Å². The molecule has 2 atom stereocenters. The molecule has 7 nitrogen and oxygen atoms in total. The molecule has 0 bridgehead atoms. The summed E-state index contributed by atoms with van der Waals surface area (Å²) in [5.41, 5.74) is 6.40. The number of carbonyl (C=O) groups is 2. The van der Waals surface area contributed by atoms with Gasteiger partial charge in [0.15, 0.2) is 0 Å². The largest absolute Gasteiger partial charge is 0.347 e. The minimum atomic E-state index is -0.823. The van der Waals surface area contributed by atoms with Gasteiger partial charge >= 0.3 is 0 Å². The van der Waals surface area contributed by atoms with Gasteiger partial charge in [0.2, 0.25) is 11.8 Å². The van der Waals surface area contributed by atoms with Crippen molar-refractivity contribution in [2.75, 3.05) is 14.1 Å². The molecule has 0 spiro atoms. The third kappa shape index (κ3) is 3.30. The molecule has 0 fully saturated rings. The van der Waals surface area contributed by atoms with Crippen LogP contribution in [0.25, 0.3) is 0 Å². The Balaban J connectivity index is 2.63. The van der Waals surface area contributed by atoms with Crippen LogP contribution in [0, 0.1) is 0 Å². The molecular weight excluding hydrogens is 234 g/mol. The van der Waals surface area contributed by atoms with Gasteiger partial charge in [0, 0.05) is 32.9 Å². The summed E-state index contributed by atoms with van der Waals surface area (Å²) < 4.78 is 1.57. The van der Waals surface area contributed by atoms with E-state index in [0.717, 1.165) is 0 Å². The number of nitrogens with zero attached hydrogens (tertiary/aromatic N) is 3. The lowest BCUT2D eigenvalue weighted by atomic mass is 10.1. The van der Waals surface area contributed by atoms with E-state index in [2.05, 4.69) is 10.4 Å². The van der Waals surface area contributed by atoms with Crippen molar-refractivity contribution in [3.8, 4) is 0 Å². The van der Waals surface area contributed by atoms with E-state index in [0.29, 0.717) is 5.56 Å². The number of nitrogens with one attached hydrogen (secondary N) is 1. The minimum absolute atomic E-state index is 0.179. The zero-order valence-corrected chi connectivity index (χ0v) is 11.0. The molecular formula is C11H19N5O2. The fourth-order valence-corrected chi connectivity index (χ4v) is 1.50. The van der Waals surface area contributed by atoms with E-state index in [1.54, 1.807) is 38.9 Å². The highest BCUT2D eigenvalue weighted by Gasteiger charge is 2.22. The lowest BCUT2D eigenvalue weighted by molar-refractivity contribution is -0.134. The highest BCUT2D eigenvalue weighted by Crippen LogP contribution is 2.08. The van der Waals surface area contributed by atoms with E-state index in [1.807, 2.05) is 0 Å². The summed E-state index contributed by atoms with van der Waals surface area (Å²) in [5, 5.41) is 6.52. The van der Waals surface area contributed by atoms with Crippen LogP contribution in [0.1, 0.15) is 18.5 Å². The third-order valence-corrected chi connectivity index (χ3v) is 2.54. The Labute approximate surface area is 106 Å². The summed E-state index contributed by atoms with van der Waals surface area (Å²) in [6.45, 7) is 1.62. The first-order valence-electron chi connectivity index (χ1n) is 5.58. The van der Waals surface area contributed by atoms with E-state index in [4.69, 9.17) is 5.73 Å². The van der Waals surface area contributed by atoms with Crippen LogP contribution in [0.2, 0.25) is 0 Å². The van der Waals surface area contributed by atoms with Gasteiger partial charge in [0.05, 0.1) is 6.20 Å². The first-order chi connectivity index (χ1) is 8.32. The van der Waals surface area contributed by atoms with Crippen LogP contribution in [-0.2, 0) is 16.6 Å². The third-order valence-electron chi connectivity index (χ3n) is 2.54. The van der Waals surface area contributed by atoms with Crippen LogP contribution < -0.4 is 11.1 Å². The maximum Gasteiger partial charge on any atom is 0.244 e. The summed E-state index contributed by atoms with van der Waals surface area (Å²) in [4.78, 5) is 24.9. The lowest BCUT2D eigenvalue weighted by Gasteiger charge is -2.19. The molecule has 1 aromatic heterocycles. The topological polar surface area (TPSA) is 93.2 Å². The summed E-state index contributed by atoms with van der Waals surface area (Å²) in [6.07, 6.45) is 3.20. The van der Waals surface area contributed by atoms with Gasteiger partial charge in [0.1, 0.15) is 12.1 Å². The molecule has 1 aromatic rings. The molecule has 0 aliphatic rings. The Morgan fingerprint density at radius 2 is 2.11 bits per heavy atom. The second kappa shape index (κ2) is 5.63. The second-order valence-electron chi connectivity index (χ2n) is 4.39. The Bertz CT molecular complexity index is 440. The van der Waals surface area contributed by atoms with Crippen molar-refractivity contribution in [3.05, 3.63) is 18.0 Å². The Morgan fingerprint density at radius 1 is 1.50 bits per heavy atom. The summed E-state index contributed by atoms with van der Waals surface area (Å²) in [6, 6.07) is -1.42. The van der Waals surface area contributed by atoms with E-state index in [-0.39, 0.29) is 5.91 Å². The monoisotopic (exact) mass is 253 g/mol. The highest BCUT2D eigenvalue weighted by molar-refractivity contribution is 5.89. The average molecular weight is 253 g/mol. The number of nitrogens with two attached hydrogens (primary N) is 1. The molecule has 0 saturated heterocycles. The summed E-state index contributed by atoms with van der Waals surface area (Å²) in [5.74, 6) is -0.576. The molecule has 0 aliphatic carbocycles. The van der Waals surface area contributed by atoms with Crippen molar-refractivity contribution in [2.45, 2.75) is 19.0 Å². The molecule has 7 heteroatoms. The van der Waals surface area contributed by atoms with Crippen molar-refractivity contribution in [2.24, 2.45) is 12.8 Å². The molecule has 1 heterocycles. The number of carbonyl (C=O) groups excluding carboxylic acids is 2. The van der Waals surface area contributed by atoms with E-state index >= 15 is 0 Å². The SMILES string of the molecule is CC(NC(=O)C(N)c1cnn(C)c1)C(=O)N(C)C. The van der Waals surface area contributed by atoms with Crippen molar-refractivity contribution in [1.29, 1.82) is 0 Å². The van der Waals surface area contributed by atoms with Crippen molar-refractivity contribution in [3.63, 3.8) is 0 Å². The van der Waals surface area contributed by atoms with Gasteiger partial charge < -0.3 is 16.0 Å². The molecule has 18 heavy (non-hydrogen) atoms. The molecule has 100 valence electrons. The fraction of sp³-hybridized carbons (Fsp3) is 0.545. The number of rotatable bonds is 4. The van der Waals surface area contributed by atoms with Gasteiger partial charge in [-0.1, -0.05) is 0 Å². The molecule has 2 amide bonds. The molecule has 0 radical (unpaired) electrons. The van der Waals surface area contributed by atoms with E-state index in [1.165, 1.54) is 11.1 Å². The van der Waals surface area contributed by atoms with Gasteiger partial charge in [0.25, 0.3) is 0 Å². The Hall–Kier alpha value is -1.89. The van der Waals surface area contributed by atoms with E-state index < -0.39 is 18.0 Å². The number of aromatic nitrogens is 2. The van der Waals surface area contributed by atoms with Gasteiger partial charge in [-0.2, -0.15) is 5.10 Å². The second-order valence-corrected chi connectivity index (χ2v) is 4.39. The predicted octanol–water partition coefficient (Wildman–Crippen LogP) is -0.987. The van der Waals surface area contributed by atoms with Crippen LogP contribution >= 0.6 is 0 Å². The maximum absolute atomic E-state index is 11.8. The highest BCUT2D eigenvalue weighted by atomic mass is 16.2. The maximum atomic E-state index is 11.8. The summed E-state index contributed by atoms with van der Waals surface area (Å²) >= 11 is 0. The molecule has 0 saturated carbocycles. The van der Waals surface area contributed by atoms with Crippen LogP contribution in [0.4, 0.5) is 0 Å². The number of hydrogen-bond acceptors (Lipinski definition) is 4. The average Bonchev–Trinajstić information content (AvgIpc) is 2.73.